The minimum absolute atomic E-state index is 0.259. The lowest BCUT2D eigenvalue weighted by molar-refractivity contribution is -0.248. The zero-order chi connectivity index (χ0) is 15.5. The van der Waals surface area contributed by atoms with Crippen LogP contribution in [0.2, 0.25) is 0 Å². The van der Waals surface area contributed by atoms with E-state index in [1.165, 1.54) is 0 Å². The third-order valence-electron chi connectivity index (χ3n) is 2.59. The monoisotopic (exact) mass is 333 g/mol. The van der Waals surface area contributed by atoms with Crippen molar-refractivity contribution in [3.63, 3.8) is 0 Å². The number of phosphoric acid groups is 1. The summed E-state index contributed by atoms with van der Waals surface area (Å²) in [4.78, 5) is 28.8. The second-order valence-corrected chi connectivity index (χ2v) is 5.56. The minimum atomic E-state index is -4.98. The summed E-state index contributed by atoms with van der Waals surface area (Å²) in [6.07, 6.45) is -6.27. The molecule has 0 spiro atoms. The van der Waals surface area contributed by atoms with Gasteiger partial charge in [-0.2, -0.15) is 12.6 Å². The van der Waals surface area contributed by atoms with E-state index in [2.05, 4.69) is 22.5 Å². The smallest absolute Gasteiger partial charge is 0.394 e. The highest BCUT2D eigenvalue weighted by molar-refractivity contribution is 7.81. The number of thiol groups is 1. The van der Waals surface area contributed by atoms with Crippen LogP contribution in [0.5, 0.6) is 0 Å². The van der Waals surface area contributed by atoms with Crippen molar-refractivity contribution in [3.05, 3.63) is 0 Å². The molecule has 118 valence electrons. The van der Waals surface area contributed by atoms with E-state index in [-0.39, 0.29) is 5.75 Å². The highest BCUT2D eigenvalue weighted by Crippen LogP contribution is 2.40. The van der Waals surface area contributed by atoms with Gasteiger partial charge < -0.3 is 35.2 Å². The van der Waals surface area contributed by atoms with Crippen LogP contribution in [0, 0.1) is 0 Å². The van der Waals surface area contributed by atoms with Crippen LogP contribution < -0.4 is 5.32 Å². The molecular formula is C8H16NO9PS. The SMILES string of the molecule is O=C(CS)NC1C(O)[C@H](O)C(CO)O[C@@H]1OP(=O)(O)O. The van der Waals surface area contributed by atoms with Crippen LogP contribution in [0.4, 0.5) is 0 Å². The average molecular weight is 333 g/mol. The van der Waals surface area contributed by atoms with Gasteiger partial charge in [0.25, 0.3) is 0 Å². The predicted octanol–water partition coefficient (Wildman–Crippen LogP) is -3.05. The van der Waals surface area contributed by atoms with Crippen LogP contribution in [0.15, 0.2) is 0 Å². The molecule has 1 fully saturated rings. The molecule has 1 amide bonds. The molecular weight excluding hydrogens is 317 g/mol. The van der Waals surface area contributed by atoms with Crippen LogP contribution in [-0.4, -0.2) is 74.0 Å². The summed E-state index contributed by atoms with van der Waals surface area (Å²) in [5.74, 6) is -0.930. The molecule has 3 unspecified atom stereocenters. The van der Waals surface area contributed by atoms with E-state index in [0.717, 1.165) is 0 Å². The van der Waals surface area contributed by atoms with Gasteiger partial charge in [0.15, 0.2) is 6.29 Å². The maximum absolute atomic E-state index is 11.3. The third-order valence-corrected chi connectivity index (χ3v) is 3.36. The van der Waals surface area contributed by atoms with Gasteiger partial charge >= 0.3 is 7.82 Å². The summed E-state index contributed by atoms with van der Waals surface area (Å²) >= 11 is 3.69. The Morgan fingerprint density at radius 2 is 1.95 bits per heavy atom. The van der Waals surface area contributed by atoms with Crippen molar-refractivity contribution in [3.8, 4) is 0 Å². The number of hydrogen-bond donors (Lipinski definition) is 7. The minimum Gasteiger partial charge on any atom is -0.394 e. The topological polar surface area (TPSA) is 166 Å². The van der Waals surface area contributed by atoms with Crippen molar-refractivity contribution in [2.75, 3.05) is 12.4 Å². The highest BCUT2D eigenvalue weighted by Gasteiger charge is 2.47. The van der Waals surface area contributed by atoms with E-state index < -0.39 is 51.0 Å². The van der Waals surface area contributed by atoms with Gasteiger partial charge in [-0.25, -0.2) is 4.57 Å². The Balaban J connectivity index is 2.93. The van der Waals surface area contributed by atoms with Crippen molar-refractivity contribution in [1.82, 2.24) is 5.32 Å². The standard InChI is InChI=1S/C8H16NO9PS/c10-1-3-6(12)7(13)5(9-4(11)2-20)8(17-3)18-19(14,15)16/h3,5-8,10,12-13,20H,1-2H2,(H,9,11)(H2,14,15,16)/t3?,5?,6-,7?,8-/m1/s1. The van der Waals surface area contributed by atoms with Gasteiger partial charge in [0.05, 0.1) is 12.4 Å². The van der Waals surface area contributed by atoms with E-state index >= 15 is 0 Å². The maximum atomic E-state index is 11.3. The fourth-order valence-corrected chi connectivity index (χ4v) is 2.24. The van der Waals surface area contributed by atoms with E-state index in [0.29, 0.717) is 0 Å². The van der Waals surface area contributed by atoms with Crippen molar-refractivity contribution in [2.24, 2.45) is 0 Å². The third kappa shape index (κ3) is 4.65. The molecule has 5 atom stereocenters. The van der Waals surface area contributed by atoms with E-state index in [1.54, 1.807) is 0 Å². The molecule has 1 rings (SSSR count). The molecule has 1 aliphatic heterocycles. The average Bonchev–Trinajstić information content (AvgIpc) is 2.36. The zero-order valence-electron chi connectivity index (χ0n) is 10.1. The van der Waals surface area contributed by atoms with Gasteiger partial charge in [-0.3, -0.25) is 9.32 Å². The Kier molecular flexibility index (Phi) is 6.38. The number of amides is 1. The molecule has 10 nitrogen and oxygen atoms in total. The molecule has 0 aromatic carbocycles. The summed E-state index contributed by atoms with van der Waals surface area (Å²) in [6.45, 7) is -0.716. The first kappa shape index (κ1) is 17.8. The molecule has 20 heavy (non-hydrogen) atoms. The van der Waals surface area contributed by atoms with Crippen LogP contribution in [0.1, 0.15) is 0 Å². The summed E-state index contributed by atoms with van der Waals surface area (Å²) in [5.41, 5.74) is 0. The molecule has 0 aliphatic carbocycles. The lowest BCUT2D eigenvalue weighted by atomic mass is 9.97. The number of phosphoric ester groups is 1. The summed E-state index contributed by atoms with van der Waals surface area (Å²) in [7, 11) is -4.98. The van der Waals surface area contributed by atoms with E-state index in [9.17, 15) is 19.6 Å². The molecule has 0 aromatic heterocycles. The second kappa shape index (κ2) is 7.16. The molecule has 1 aliphatic rings. The summed E-state index contributed by atoms with van der Waals surface area (Å²) in [5, 5.41) is 30.6. The molecule has 0 bridgehead atoms. The first-order chi connectivity index (χ1) is 9.19. The van der Waals surface area contributed by atoms with Crippen LogP contribution in [0.3, 0.4) is 0 Å². The number of carbonyl (C=O) groups excluding carboxylic acids is 1. The molecule has 0 radical (unpaired) electrons. The first-order valence-electron chi connectivity index (χ1n) is 5.46. The van der Waals surface area contributed by atoms with Gasteiger partial charge in [0.1, 0.15) is 24.4 Å². The largest absolute Gasteiger partial charge is 0.472 e. The van der Waals surface area contributed by atoms with Gasteiger partial charge in [-0.05, 0) is 0 Å². The fourth-order valence-electron chi connectivity index (χ4n) is 1.69. The normalized spacial score (nSPS) is 34.8. The number of ether oxygens (including phenoxy) is 1. The van der Waals surface area contributed by atoms with Gasteiger partial charge in [0.2, 0.25) is 5.91 Å². The molecule has 6 N–H and O–H groups in total. The Bertz CT molecular complexity index is 390. The predicted molar refractivity (Wildman–Crippen MR) is 66.7 cm³/mol. The van der Waals surface area contributed by atoms with Crippen molar-refractivity contribution < 1.29 is 43.7 Å². The van der Waals surface area contributed by atoms with Gasteiger partial charge in [0, 0.05) is 0 Å². The maximum Gasteiger partial charge on any atom is 0.472 e. The van der Waals surface area contributed by atoms with Crippen LogP contribution in [0.25, 0.3) is 0 Å². The van der Waals surface area contributed by atoms with Crippen molar-refractivity contribution in [1.29, 1.82) is 0 Å². The molecule has 1 saturated heterocycles. The fraction of sp³-hybridized carbons (Fsp3) is 0.875. The first-order valence-corrected chi connectivity index (χ1v) is 7.62. The number of carbonyl (C=O) groups is 1. The van der Waals surface area contributed by atoms with E-state index in [1.807, 2.05) is 0 Å². The summed E-state index contributed by atoms with van der Waals surface area (Å²) in [6, 6.07) is -1.43. The Labute approximate surface area is 119 Å². The highest BCUT2D eigenvalue weighted by atomic mass is 32.1. The lowest BCUT2D eigenvalue weighted by Gasteiger charge is -2.41. The van der Waals surface area contributed by atoms with E-state index in [4.69, 9.17) is 19.6 Å². The molecule has 1 heterocycles. The van der Waals surface area contributed by atoms with Crippen LogP contribution >= 0.6 is 20.5 Å². The number of hydrogen-bond acceptors (Lipinski definition) is 8. The Morgan fingerprint density at radius 1 is 1.35 bits per heavy atom. The Hall–Kier alpha value is -0.230. The van der Waals surface area contributed by atoms with Crippen molar-refractivity contribution >= 4 is 26.4 Å². The molecule has 0 saturated carbocycles. The number of nitrogens with one attached hydrogen (secondary N) is 1. The zero-order valence-corrected chi connectivity index (χ0v) is 11.9. The lowest BCUT2D eigenvalue weighted by Crippen LogP contribution is -2.64. The summed E-state index contributed by atoms with van der Waals surface area (Å²) < 4.78 is 20.1. The van der Waals surface area contributed by atoms with Crippen molar-refractivity contribution in [2.45, 2.75) is 30.6 Å². The molecule has 12 heteroatoms. The Morgan fingerprint density at radius 3 is 2.40 bits per heavy atom. The molecule has 0 aromatic rings. The number of rotatable bonds is 5. The second-order valence-electron chi connectivity index (χ2n) is 4.05. The van der Waals surface area contributed by atoms with Crippen LogP contribution in [-0.2, 0) is 18.6 Å². The van der Waals surface area contributed by atoms with Gasteiger partial charge in [-0.15, -0.1) is 0 Å². The van der Waals surface area contributed by atoms with Gasteiger partial charge in [-0.1, -0.05) is 0 Å². The quantitative estimate of drug-likeness (QED) is 0.204. The number of aliphatic hydroxyl groups is 3. The number of aliphatic hydroxyl groups excluding tert-OH is 3.